The number of fused-ring (bicyclic) bond motifs is 1. The predicted molar refractivity (Wildman–Crippen MR) is 100 cm³/mol. The molecule has 3 aromatic rings. The van der Waals surface area contributed by atoms with Crippen LogP contribution < -0.4 is 0 Å². The second-order valence-electron chi connectivity index (χ2n) is 6.80. The number of nitrogens with zero attached hydrogens (tertiary/aromatic N) is 2. The predicted octanol–water partition coefficient (Wildman–Crippen LogP) is 3.52. The SMILES string of the molecule is CN1CCCC1Cc1ccc2ccn(S(=O)(=O)c3ccccc3)c2c1. The van der Waals surface area contributed by atoms with Gasteiger partial charge in [-0.3, -0.25) is 0 Å². The van der Waals surface area contributed by atoms with Crippen LogP contribution in [0.5, 0.6) is 0 Å². The third-order valence-corrected chi connectivity index (χ3v) is 6.87. The van der Waals surface area contributed by atoms with Gasteiger partial charge in [-0.1, -0.05) is 30.3 Å². The molecule has 130 valence electrons. The Balaban J connectivity index is 1.74. The van der Waals surface area contributed by atoms with E-state index in [1.165, 1.54) is 22.4 Å². The normalized spacial score (nSPS) is 18.8. The maximum atomic E-state index is 13.0. The Kier molecular flexibility index (Phi) is 4.13. The highest BCUT2D eigenvalue weighted by Crippen LogP contribution is 2.25. The molecule has 1 saturated heterocycles. The minimum Gasteiger partial charge on any atom is -0.303 e. The van der Waals surface area contributed by atoms with Gasteiger partial charge < -0.3 is 4.90 Å². The number of benzene rings is 2. The standard InChI is InChI=1S/C20H22N2O2S/c1-21-12-5-6-18(21)14-16-9-10-17-11-13-22(20(17)15-16)25(23,24)19-7-3-2-4-8-19/h2-4,7-11,13,15,18H,5-6,12,14H2,1H3. The molecular formula is C20H22N2O2S. The van der Waals surface area contributed by atoms with E-state index in [-0.39, 0.29) is 0 Å². The van der Waals surface area contributed by atoms with Gasteiger partial charge in [0, 0.05) is 17.6 Å². The highest BCUT2D eigenvalue weighted by atomic mass is 32.2. The average molecular weight is 354 g/mol. The van der Waals surface area contributed by atoms with Gasteiger partial charge in [-0.2, -0.15) is 0 Å². The van der Waals surface area contributed by atoms with E-state index in [1.807, 2.05) is 24.3 Å². The summed E-state index contributed by atoms with van der Waals surface area (Å²) in [6, 6.07) is 17.2. The molecule has 1 aromatic heterocycles. The monoisotopic (exact) mass is 354 g/mol. The van der Waals surface area contributed by atoms with Crippen LogP contribution in [0.25, 0.3) is 10.9 Å². The highest BCUT2D eigenvalue weighted by Gasteiger charge is 2.22. The lowest BCUT2D eigenvalue weighted by atomic mass is 10.0. The fourth-order valence-corrected chi connectivity index (χ4v) is 5.07. The summed E-state index contributed by atoms with van der Waals surface area (Å²) in [4.78, 5) is 2.71. The quantitative estimate of drug-likeness (QED) is 0.720. The molecule has 4 nitrogen and oxygen atoms in total. The number of rotatable bonds is 4. The van der Waals surface area contributed by atoms with Crippen LogP contribution >= 0.6 is 0 Å². The lowest BCUT2D eigenvalue weighted by Gasteiger charge is -2.19. The van der Waals surface area contributed by atoms with E-state index in [1.54, 1.807) is 30.5 Å². The number of hydrogen-bond acceptors (Lipinski definition) is 3. The zero-order valence-corrected chi connectivity index (χ0v) is 15.1. The summed E-state index contributed by atoms with van der Waals surface area (Å²) < 4.78 is 27.3. The Morgan fingerprint density at radius 1 is 1.08 bits per heavy atom. The van der Waals surface area contributed by atoms with E-state index in [4.69, 9.17) is 0 Å². The molecule has 0 amide bonds. The molecule has 25 heavy (non-hydrogen) atoms. The Labute approximate surface area is 148 Å². The van der Waals surface area contributed by atoms with Crippen LogP contribution in [0, 0.1) is 0 Å². The van der Waals surface area contributed by atoms with Crippen LogP contribution in [0.3, 0.4) is 0 Å². The first kappa shape index (κ1) is 16.4. The number of likely N-dealkylation sites (N-methyl/N-ethyl adjacent to an activating group) is 1. The van der Waals surface area contributed by atoms with Crippen LogP contribution in [0.1, 0.15) is 18.4 Å². The topological polar surface area (TPSA) is 42.3 Å². The van der Waals surface area contributed by atoms with Crippen LogP contribution in [0.4, 0.5) is 0 Å². The molecule has 2 heterocycles. The molecule has 1 unspecified atom stereocenters. The molecule has 0 spiro atoms. The summed E-state index contributed by atoms with van der Waals surface area (Å²) in [5.74, 6) is 0. The Hall–Kier alpha value is -2.11. The van der Waals surface area contributed by atoms with Crippen molar-refractivity contribution in [3.05, 3.63) is 66.4 Å². The van der Waals surface area contributed by atoms with Crippen molar-refractivity contribution in [3.63, 3.8) is 0 Å². The Morgan fingerprint density at radius 3 is 2.60 bits per heavy atom. The fourth-order valence-electron chi connectivity index (χ4n) is 3.70. The summed E-state index contributed by atoms with van der Waals surface area (Å²) in [5.41, 5.74) is 1.94. The van der Waals surface area contributed by atoms with E-state index in [9.17, 15) is 8.42 Å². The van der Waals surface area contributed by atoms with Gasteiger partial charge in [0.25, 0.3) is 10.0 Å². The Morgan fingerprint density at radius 2 is 1.88 bits per heavy atom. The maximum absolute atomic E-state index is 13.0. The van der Waals surface area contributed by atoms with E-state index in [0.717, 1.165) is 23.9 Å². The molecule has 0 saturated carbocycles. The van der Waals surface area contributed by atoms with Crippen molar-refractivity contribution >= 4 is 20.9 Å². The Bertz CT molecular complexity index is 993. The van der Waals surface area contributed by atoms with E-state index < -0.39 is 10.0 Å². The zero-order valence-electron chi connectivity index (χ0n) is 14.3. The van der Waals surface area contributed by atoms with Crippen molar-refractivity contribution < 1.29 is 8.42 Å². The molecule has 4 rings (SSSR count). The molecule has 0 radical (unpaired) electrons. The van der Waals surface area contributed by atoms with Crippen LogP contribution in [-0.2, 0) is 16.4 Å². The van der Waals surface area contributed by atoms with Gasteiger partial charge in [0.1, 0.15) is 0 Å². The third kappa shape index (κ3) is 2.98. The molecule has 1 aliphatic rings. The van der Waals surface area contributed by atoms with Crippen molar-refractivity contribution in [1.82, 2.24) is 8.87 Å². The van der Waals surface area contributed by atoms with Gasteiger partial charge in [0.15, 0.2) is 0 Å². The highest BCUT2D eigenvalue weighted by molar-refractivity contribution is 7.90. The van der Waals surface area contributed by atoms with Gasteiger partial charge in [-0.15, -0.1) is 0 Å². The van der Waals surface area contributed by atoms with Gasteiger partial charge in [-0.05, 0) is 62.7 Å². The van der Waals surface area contributed by atoms with Crippen molar-refractivity contribution in [3.8, 4) is 0 Å². The summed E-state index contributed by atoms with van der Waals surface area (Å²) in [6.45, 7) is 1.14. The molecular weight excluding hydrogens is 332 g/mol. The fraction of sp³-hybridized carbons (Fsp3) is 0.300. The number of likely N-dealkylation sites (tertiary alicyclic amines) is 1. The summed E-state index contributed by atoms with van der Waals surface area (Å²) in [5, 5.41) is 0.947. The average Bonchev–Trinajstić information content (AvgIpc) is 3.22. The first-order chi connectivity index (χ1) is 12.1. The molecule has 0 N–H and O–H groups in total. The van der Waals surface area contributed by atoms with Crippen LogP contribution in [0.15, 0.2) is 65.7 Å². The first-order valence-electron chi connectivity index (χ1n) is 8.66. The molecule has 1 aliphatic heterocycles. The maximum Gasteiger partial charge on any atom is 0.268 e. The number of hydrogen-bond donors (Lipinski definition) is 0. The van der Waals surface area contributed by atoms with Crippen molar-refractivity contribution in [1.29, 1.82) is 0 Å². The zero-order chi connectivity index (χ0) is 17.4. The minimum absolute atomic E-state index is 0.313. The smallest absolute Gasteiger partial charge is 0.268 e. The van der Waals surface area contributed by atoms with Gasteiger partial charge in [0.2, 0.25) is 0 Å². The summed E-state index contributed by atoms with van der Waals surface area (Å²) >= 11 is 0. The molecule has 1 fully saturated rings. The molecule has 2 aromatic carbocycles. The van der Waals surface area contributed by atoms with E-state index in [0.29, 0.717) is 10.9 Å². The lowest BCUT2D eigenvalue weighted by Crippen LogP contribution is -2.26. The lowest BCUT2D eigenvalue weighted by molar-refractivity contribution is 0.309. The number of aromatic nitrogens is 1. The molecule has 5 heteroatoms. The van der Waals surface area contributed by atoms with Crippen molar-refractivity contribution in [2.75, 3.05) is 13.6 Å². The second kappa shape index (κ2) is 6.32. The van der Waals surface area contributed by atoms with Crippen molar-refractivity contribution in [2.45, 2.75) is 30.2 Å². The summed E-state index contributed by atoms with van der Waals surface area (Å²) in [6.07, 6.45) is 5.06. The van der Waals surface area contributed by atoms with E-state index >= 15 is 0 Å². The van der Waals surface area contributed by atoms with Gasteiger partial charge in [-0.25, -0.2) is 12.4 Å². The van der Waals surface area contributed by atoms with E-state index in [2.05, 4.69) is 18.0 Å². The van der Waals surface area contributed by atoms with Gasteiger partial charge >= 0.3 is 0 Å². The molecule has 1 atom stereocenters. The molecule has 0 bridgehead atoms. The third-order valence-electron chi connectivity index (χ3n) is 5.16. The summed E-state index contributed by atoms with van der Waals surface area (Å²) in [7, 11) is -1.41. The van der Waals surface area contributed by atoms with Gasteiger partial charge in [0.05, 0.1) is 10.4 Å². The van der Waals surface area contributed by atoms with Crippen LogP contribution in [0.2, 0.25) is 0 Å². The largest absolute Gasteiger partial charge is 0.303 e. The van der Waals surface area contributed by atoms with Crippen LogP contribution in [-0.4, -0.2) is 36.9 Å². The van der Waals surface area contributed by atoms with Crippen molar-refractivity contribution in [2.24, 2.45) is 0 Å². The second-order valence-corrected chi connectivity index (χ2v) is 8.62. The first-order valence-corrected chi connectivity index (χ1v) is 10.1. The molecule has 0 aliphatic carbocycles. The minimum atomic E-state index is -3.57.